The van der Waals surface area contributed by atoms with E-state index in [9.17, 15) is 22.8 Å². The lowest BCUT2D eigenvalue weighted by Gasteiger charge is -2.13. The molecule has 9 heteroatoms. The Bertz CT molecular complexity index is 777. The molecule has 0 radical (unpaired) electrons. The summed E-state index contributed by atoms with van der Waals surface area (Å²) in [7, 11) is 0. The minimum Gasteiger partial charge on any atom is -0.267 e. The van der Waals surface area contributed by atoms with Crippen molar-refractivity contribution in [2.24, 2.45) is 0 Å². The van der Waals surface area contributed by atoms with Crippen molar-refractivity contribution in [1.82, 2.24) is 10.9 Å². The summed E-state index contributed by atoms with van der Waals surface area (Å²) >= 11 is 6.14. The number of alkyl halides is 3. The molecule has 0 aromatic heterocycles. The molecule has 126 valence electrons. The van der Waals surface area contributed by atoms with Crippen molar-refractivity contribution in [2.45, 2.75) is 6.18 Å². The molecule has 0 saturated carbocycles. The van der Waals surface area contributed by atoms with Gasteiger partial charge in [0, 0.05) is 14.5 Å². The summed E-state index contributed by atoms with van der Waals surface area (Å²) in [4.78, 5) is 23.8. The highest BCUT2D eigenvalue weighted by atomic mass is 79.9. The first kappa shape index (κ1) is 18.5. The van der Waals surface area contributed by atoms with Gasteiger partial charge in [-0.05, 0) is 42.5 Å². The fraction of sp³-hybridized carbons (Fsp3) is 0.0667. The van der Waals surface area contributed by atoms with Gasteiger partial charge in [0.15, 0.2) is 0 Å². The zero-order valence-electron chi connectivity index (χ0n) is 11.7. The van der Waals surface area contributed by atoms with Gasteiger partial charge in [0.25, 0.3) is 11.8 Å². The van der Waals surface area contributed by atoms with E-state index in [0.29, 0.717) is 0 Å². The van der Waals surface area contributed by atoms with Gasteiger partial charge in [-0.1, -0.05) is 31.9 Å². The first-order valence-corrected chi connectivity index (χ1v) is 8.00. The molecular formula is C15H9Br2F3N2O2. The first-order chi connectivity index (χ1) is 11.2. The Kier molecular flexibility index (Phi) is 5.66. The third kappa shape index (κ3) is 4.57. The van der Waals surface area contributed by atoms with E-state index in [0.717, 1.165) is 16.6 Å². The van der Waals surface area contributed by atoms with Crippen LogP contribution in [-0.4, -0.2) is 11.8 Å². The average Bonchev–Trinajstić information content (AvgIpc) is 2.52. The minimum atomic E-state index is -4.70. The van der Waals surface area contributed by atoms with E-state index < -0.39 is 29.1 Å². The van der Waals surface area contributed by atoms with Crippen LogP contribution in [0.5, 0.6) is 0 Å². The SMILES string of the molecule is O=C(NNC(=O)c1ccc(Br)cc1C(F)(F)F)c1ccc(Br)cc1. The first-order valence-electron chi connectivity index (χ1n) is 6.41. The lowest BCUT2D eigenvalue weighted by molar-refractivity contribution is -0.138. The molecular weight excluding hydrogens is 457 g/mol. The van der Waals surface area contributed by atoms with E-state index in [1.165, 1.54) is 18.2 Å². The lowest BCUT2D eigenvalue weighted by Crippen LogP contribution is -2.42. The molecule has 0 bridgehead atoms. The highest BCUT2D eigenvalue weighted by Crippen LogP contribution is 2.33. The number of hydrogen-bond acceptors (Lipinski definition) is 2. The Labute approximate surface area is 151 Å². The van der Waals surface area contributed by atoms with Gasteiger partial charge in [-0.2, -0.15) is 13.2 Å². The van der Waals surface area contributed by atoms with E-state index in [1.54, 1.807) is 12.1 Å². The molecule has 2 rings (SSSR count). The zero-order valence-corrected chi connectivity index (χ0v) is 14.9. The van der Waals surface area contributed by atoms with Crippen molar-refractivity contribution >= 4 is 43.7 Å². The molecule has 2 aromatic carbocycles. The third-order valence-electron chi connectivity index (χ3n) is 2.93. The fourth-order valence-corrected chi connectivity index (χ4v) is 2.43. The zero-order chi connectivity index (χ0) is 17.9. The van der Waals surface area contributed by atoms with Crippen molar-refractivity contribution in [3.05, 3.63) is 68.1 Å². The normalized spacial score (nSPS) is 11.0. The van der Waals surface area contributed by atoms with Crippen LogP contribution in [0.15, 0.2) is 51.4 Å². The molecule has 24 heavy (non-hydrogen) atoms. The Balaban J connectivity index is 2.13. The number of hydrogen-bond donors (Lipinski definition) is 2. The molecule has 0 spiro atoms. The lowest BCUT2D eigenvalue weighted by atomic mass is 10.1. The van der Waals surface area contributed by atoms with Crippen LogP contribution in [0.1, 0.15) is 26.3 Å². The molecule has 2 aromatic rings. The van der Waals surface area contributed by atoms with Gasteiger partial charge in [0.05, 0.1) is 11.1 Å². The van der Waals surface area contributed by atoms with Crippen molar-refractivity contribution in [1.29, 1.82) is 0 Å². The number of carbonyl (C=O) groups excluding carboxylic acids is 2. The molecule has 2 amide bonds. The Morgan fingerprint density at radius 1 is 0.833 bits per heavy atom. The Hall–Kier alpha value is -1.87. The number of hydrazine groups is 1. The van der Waals surface area contributed by atoms with Gasteiger partial charge in [-0.15, -0.1) is 0 Å². The molecule has 0 saturated heterocycles. The average molecular weight is 466 g/mol. The fourth-order valence-electron chi connectivity index (χ4n) is 1.80. The molecule has 2 N–H and O–H groups in total. The second kappa shape index (κ2) is 7.35. The van der Waals surface area contributed by atoms with Gasteiger partial charge < -0.3 is 0 Å². The van der Waals surface area contributed by atoms with E-state index in [4.69, 9.17) is 0 Å². The number of halogens is 5. The number of amides is 2. The summed E-state index contributed by atoms with van der Waals surface area (Å²) in [6.07, 6.45) is -4.70. The Morgan fingerprint density at radius 2 is 1.38 bits per heavy atom. The Morgan fingerprint density at radius 3 is 1.96 bits per heavy atom. The molecule has 0 fully saturated rings. The van der Waals surface area contributed by atoms with Gasteiger partial charge in [-0.3, -0.25) is 20.4 Å². The third-order valence-corrected chi connectivity index (χ3v) is 3.95. The summed E-state index contributed by atoms with van der Waals surface area (Å²) in [5.74, 6) is -1.72. The summed E-state index contributed by atoms with van der Waals surface area (Å²) in [5.41, 5.74) is 2.60. The molecule has 0 aliphatic rings. The monoisotopic (exact) mass is 464 g/mol. The van der Waals surface area contributed by atoms with Gasteiger partial charge >= 0.3 is 6.18 Å². The summed E-state index contributed by atoms with van der Waals surface area (Å²) in [6, 6.07) is 9.35. The highest BCUT2D eigenvalue weighted by molar-refractivity contribution is 9.10. The van der Waals surface area contributed by atoms with Crippen molar-refractivity contribution < 1.29 is 22.8 Å². The standard InChI is InChI=1S/C15H9Br2F3N2O2/c16-9-3-1-8(2-4-9)13(23)21-22-14(24)11-6-5-10(17)7-12(11)15(18,19)20/h1-7H,(H,21,23)(H,22,24). The molecule has 0 atom stereocenters. The summed E-state index contributed by atoms with van der Waals surface area (Å²) < 4.78 is 39.9. The topological polar surface area (TPSA) is 58.2 Å². The van der Waals surface area contributed by atoms with E-state index in [2.05, 4.69) is 37.3 Å². The molecule has 4 nitrogen and oxygen atoms in total. The van der Waals surface area contributed by atoms with Gasteiger partial charge in [-0.25, -0.2) is 0 Å². The number of benzene rings is 2. The summed E-state index contributed by atoms with van der Waals surface area (Å²) in [6.45, 7) is 0. The van der Waals surface area contributed by atoms with Crippen LogP contribution in [0.25, 0.3) is 0 Å². The van der Waals surface area contributed by atoms with Crippen LogP contribution in [0.2, 0.25) is 0 Å². The van der Waals surface area contributed by atoms with Crippen LogP contribution in [0.4, 0.5) is 13.2 Å². The van der Waals surface area contributed by atoms with Gasteiger partial charge in [0.2, 0.25) is 0 Å². The second-order valence-corrected chi connectivity index (χ2v) is 6.43. The van der Waals surface area contributed by atoms with Crippen molar-refractivity contribution in [2.75, 3.05) is 0 Å². The smallest absolute Gasteiger partial charge is 0.267 e. The predicted molar refractivity (Wildman–Crippen MR) is 88.2 cm³/mol. The van der Waals surface area contributed by atoms with Crippen LogP contribution >= 0.6 is 31.9 Å². The van der Waals surface area contributed by atoms with E-state index in [1.807, 2.05) is 5.43 Å². The molecule has 0 aliphatic carbocycles. The highest BCUT2D eigenvalue weighted by Gasteiger charge is 2.35. The maximum Gasteiger partial charge on any atom is 0.417 e. The maximum atomic E-state index is 13.0. The largest absolute Gasteiger partial charge is 0.417 e. The number of rotatable bonds is 2. The molecule has 0 aliphatic heterocycles. The molecule has 0 heterocycles. The minimum absolute atomic E-state index is 0.185. The van der Waals surface area contributed by atoms with Crippen LogP contribution in [0, 0.1) is 0 Å². The second-order valence-electron chi connectivity index (χ2n) is 4.60. The number of carbonyl (C=O) groups is 2. The van der Waals surface area contributed by atoms with E-state index in [-0.39, 0.29) is 10.0 Å². The maximum absolute atomic E-state index is 13.0. The predicted octanol–water partition coefficient (Wildman–Crippen LogP) is 4.31. The van der Waals surface area contributed by atoms with Gasteiger partial charge in [0.1, 0.15) is 0 Å². The van der Waals surface area contributed by atoms with Crippen LogP contribution < -0.4 is 10.9 Å². The van der Waals surface area contributed by atoms with Crippen molar-refractivity contribution in [3.63, 3.8) is 0 Å². The quantitative estimate of drug-likeness (QED) is 0.649. The van der Waals surface area contributed by atoms with Crippen molar-refractivity contribution in [3.8, 4) is 0 Å². The molecule has 0 unspecified atom stereocenters. The van der Waals surface area contributed by atoms with Crippen LogP contribution in [0.3, 0.4) is 0 Å². The van der Waals surface area contributed by atoms with Crippen LogP contribution in [-0.2, 0) is 6.18 Å². The summed E-state index contributed by atoms with van der Waals surface area (Å²) in [5, 5.41) is 0. The number of nitrogens with one attached hydrogen (secondary N) is 2. The van der Waals surface area contributed by atoms with E-state index >= 15 is 0 Å².